The second kappa shape index (κ2) is 2.04. The molecule has 4 rings (SSSR count). The molecular weight excluding hydrogens is 198 g/mol. The van der Waals surface area contributed by atoms with E-state index in [2.05, 4.69) is 0 Å². The van der Waals surface area contributed by atoms with E-state index in [9.17, 15) is 14.7 Å². The number of aliphatic carboxylic acids is 2. The van der Waals surface area contributed by atoms with E-state index in [1.165, 1.54) is 0 Å². The molecule has 0 saturated heterocycles. The molecule has 0 aliphatic heterocycles. The fourth-order valence-electron chi connectivity index (χ4n) is 4.52. The van der Waals surface area contributed by atoms with Gasteiger partial charge in [0.05, 0.1) is 5.41 Å². The SMILES string of the molecule is CC1C2CC3(C(=O)O)C1C3C2(N)C(=O)O. The van der Waals surface area contributed by atoms with E-state index < -0.39 is 22.9 Å². The van der Waals surface area contributed by atoms with Crippen LogP contribution in [0.15, 0.2) is 0 Å². The van der Waals surface area contributed by atoms with Crippen molar-refractivity contribution in [3.05, 3.63) is 0 Å². The predicted molar refractivity (Wildman–Crippen MR) is 48.9 cm³/mol. The summed E-state index contributed by atoms with van der Waals surface area (Å²) in [5.41, 5.74) is 3.83. The predicted octanol–water partition coefficient (Wildman–Crippen LogP) is -0.245. The zero-order valence-electron chi connectivity index (χ0n) is 8.30. The number of rotatable bonds is 2. The van der Waals surface area contributed by atoms with Gasteiger partial charge in [0.1, 0.15) is 5.54 Å². The number of hydrogen-bond donors (Lipinski definition) is 3. The average Bonchev–Trinajstić information content (AvgIpc) is 2.52. The van der Waals surface area contributed by atoms with Crippen molar-refractivity contribution in [1.82, 2.24) is 0 Å². The highest BCUT2D eigenvalue weighted by Gasteiger charge is 2.91. The van der Waals surface area contributed by atoms with Crippen molar-refractivity contribution in [2.24, 2.45) is 34.8 Å². The van der Waals surface area contributed by atoms with E-state index in [1.807, 2.05) is 6.92 Å². The fraction of sp³-hybridized carbons (Fsp3) is 0.800. The molecular formula is C10H13NO4. The highest BCUT2D eigenvalue weighted by atomic mass is 16.4. The first-order chi connectivity index (χ1) is 6.88. The summed E-state index contributed by atoms with van der Waals surface area (Å²) >= 11 is 0. The molecule has 0 amide bonds. The largest absolute Gasteiger partial charge is 0.481 e. The summed E-state index contributed by atoms with van der Waals surface area (Å²) in [6, 6.07) is 0. The van der Waals surface area contributed by atoms with Crippen molar-refractivity contribution < 1.29 is 19.8 Å². The van der Waals surface area contributed by atoms with Gasteiger partial charge in [0.25, 0.3) is 0 Å². The number of carboxylic acids is 2. The quantitative estimate of drug-likeness (QED) is 0.585. The lowest BCUT2D eigenvalue weighted by Crippen LogP contribution is -2.52. The Balaban J connectivity index is 2.10. The fourth-order valence-corrected chi connectivity index (χ4v) is 4.52. The molecule has 0 radical (unpaired) electrons. The minimum absolute atomic E-state index is 0.0129. The number of carboxylic acid groups (broad SMARTS) is 2. The van der Waals surface area contributed by atoms with Gasteiger partial charge >= 0.3 is 11.9 Å². The maximum absolute atomic E-state index is 11.2. The first kappa shape index (κ1) is 9.15. The van der Waals surface area contributed by atoms with Crippen molar-refractivity contribution in [3.8, 4) is 0 Å². The van der Waals surface area contributed by atoms with Gasteiger partial charge in [0.2, 0.25) is 0 Å². The zero-order valence-corrected chi connectivity index (χ0v) is 8.30. The van der Waals surface area contributed by atoms with Crippen molar-refractivity contribution in [1.29, 1.82) is 0 Å². The Kier molecular flexibility index (Phi) is 1.25. The first-order valence-electron chi connectivity index (χ1n) is 5.14. The van der Waals surface area contributed by atoms with Crippen LogP contribution in [-0.2, 0) is 9.59 Å². The minimum atomic E-state index is -1.29. The molecule has 4 saturated carbocycles. The molecule has 5 heteroatoms. The Bertz CT molecular complexity index is 395. The molecule has 0 aromatic rings. The van der Waals surface area contributed by atoms with Crippen LogP contribution in [0.5, 0.6) is 0 Å². The Morgan fingerprint density at radius 1 is 1.33 bits per heavy atom. The number of nitrogens with two attached hydrogens (primary N) is 1. The number of hydrogen-bond acceptors (Lipinski definition) is 3. The van der Waals surface area contributed by atoms with Crippen molar-refractivity contribution in [2.45, 2.75) is 18.9 Å². The molecule has 4 aliphatic rings. The summed E-state index contributed by atoms with van der Waals surface area (Å²) in [5, 5.41) is 18.4. The molecule has 4 bridgehead atoms. The van der Waals surface area contributed by atoms with Crippen molar-refractivity contribution in [3.63, 3.8) is 0 Å². The maximum atomic E-state index is 11.2. The molecule has 0 spiro atoms. The highest BCUT2D eigenvalue weighted by molar-refractivity contribution is 5.91. The van der Waals surface area contributed by atoms with Crippen LogP contribution < -0.4 is 5.73 Å². The maximum Gasteiger partial charge on any atom is 0.324 e. The van der Waals surface area contributed by atoms with Gasteiger partial charge in [-0.1, -0.05) is 6.92 Å². The monoisotopic (exact) mass is 211 g/mol. The van der Waals surface area contributed by atoms with Crippen LogP contribution >= 0.6 is 0 Å². The molecule has 4 N–H and O–H groups in total. The summed E-state index contributed by atoms with van der Waals surface area (Å²) < 4.78 is 0. The molecule has 0 aromatic carbocycles. The highest BCUT2D eigenvalue weighted by Crippen LogP contribution is 2.83. The van der Waals surface area contributed by atoms with Crippen LogP contribution in [0, 0.1) is 29.1 Å². The van der Waals surface area contributed by atoms with Crippen LogP contribution in [-0.4, -0.2) is 27.7 Å². The Morgan fingerprint density at radius 2 is 1.93 bits per heavy atom. The summed E-state index contributed by atoms with van der Waals surface area (Å²) in [6.07, 6.45) is 0.446. The molecule has 0 aromatic heterocycles. The van der Waals surface area contributed by atoms with Crippen LogP contribution in [0.2, 0.25) is 0 Å². The molecule has 4 aliphatic carbocycles. The Labute approximate surface area is 86.3 Å². The number of carbonyl (C=O) groups is 2. The second-order valence-electron chi connectivity index (χ2n) is 5.26. The van der Waals surface area contributed by atoms with Crippen LogP contribution in [0.3, 0.4) is 0 Å². The van der Waals surface area contributed by atoms with Gasteiger partial charge in [-0.25, -0.2) is 0 Å². The lowest BCUT2D eigenvalue weighted by molar-refractivity contribution is -0.145. The summed E-state index contributed by atoms with van der Waals surface area (Å²) in [5.74, 6) is -2.29. The third-order valence-electron chi connectivity index (χ3n) is 5.06. The van der Waals surface area contributed by atoms with Crippen molar-refractivity contribution >= 4 is 11.9 Å². The van der Waals surface area contributed by atoms with Gasteiger partial charge in [-0.2, -0.15) is 0 Å². The van der Waals surface area contributed by atoms with E-state index in [1.54, 1.807) is 0 Å². The van der Waals surface area contributed by atoms with E-state index in [4.69, 9.17) is 10.8 Å². The van der Waals surface area contributed by atoms with Crippen molar-refractivity contribution in [2.75, 3.05) is 0 Å². The second-order valence-corrected chi connectivity index (χ2v) is 5.26. The third-order valence-corrected chi connectivity index (χ3v) is 5.06. The van der Waals surface area contributed by atoms with E-state index in [0.717, 1.165) is 0 Å². The molecule has 6 atom stereocenters. The molecule has 6 unspecified atom stereocenters. The smallest absolute Gasteiger partial charge is 0.324 e. The molecule has 0 heterocycles. The van der Waals surface area contributed by atoms with Crippen LogP contribution in [0.1, 0.15) is 13.3 Å². The van der Waals surface area contributed by atoms with Gasteiger partial charge in [0, 0.05) is 5.92 Å². The van der Waals surface area contributed by atoms with Crippen LogP contribution in [0.25, 0.3) is 0 Å². The van der Waals surface area contributed by atoms with Gasteiger partial charge in [0.15, 0.2) is 0 Å². The molecule has 82 valence electrons. The normalized spacial score (nSPS) is 59.3. The third kappa shape index (κ3) is 0.616. The summed E-state index contributed by atoms with van der Waals surface area (Å²) in [4.78, 5) is 22.4. The van der Waals surface area contributed by atoms with E-state index >= 15 is 0 Å². The van der Waals surface area contributed by atoms with E-state index in [-0.39, 0.29) is 23.7 Å². The standard InChI is InChI=1S/C10H13NO4/c1-3-4-2-9(7(12)13)5(3)6(9)10(4,11)8(14)15/h3-6H,2,11H2,1H3,(H,12,13)(H,14,15). The molecule has 4 fully saturated rings. The average molecular weight is 211 g/mol. The van der Waals surface area contributed by atoms with Crippen LogP contribution in [0.4, 0.5) is 0 Å². The topological polar surface area (TPSA) is 101 Å². The van der Waals surface area contributed by atoms with Gasteiger partial charge < -0.3 is 15.9 Å². The lowest BCUT2D eigenvalue weighted by atomic mass is 9.86. The summed E-state index contributed by atoms with van der Waals surface area (Å²) in [7, 11) is 0. The van der Waals surface area contributed by atoms with E-state index in [0.29, 0.717) is 6.42 Å². The molecule has 5 nitrogen and oxygen atoms in total. The Morgan fingerprint density at radius 3 is 2.20 bits per heavy atom. The minimum Gasteiger partial charge on any atom is -0.481 e. The van der Waals surface area contributed by atoms with Gasteiger partial charge in [-0.3, -0.25) is 9.59 Å². The Hall–Kier alpha value is -1.10. The zero-order chi connectivity index (χ0) is 11.2. The first-order valence-corrected chi connectivity index (χ1v) is 5.14. The lowest BCUT2D eigenvalue weighted by Gasteiger charge is -2.24. The summed E-state index contributed by atoms with van der Waals surface area (Å²) in [6.45, 7) is 1.93. The van der Waals surface area contributed by atoms with Gasteiger partial charge in [-0.05, 0) is 24.2 Å². The molecule has 15 heavy (non-hydrogen) atoms. The van der Waals surface area contributed by atoms with Gasteiger partial charge in [-0.15, -0.1) is 0 Å².